The van der Waals surface area contributed by atoms with Gasteiger partial charge in [0.2, 0.25) is 11.1 Å². The molecule has 1 fully saturated rings. The summed E-state index contributed by atoms with van der Waals surface area (Å²) >= 11 is 1.17. The molecule has 0 spiro atoms. The smallest absolute Gasteiger partial charge is 0.283 e. The van der Waals surface area contributed by atoms with Crippen LogP contribution in [-0.4, -0.2) is 64.1 Å². The van der Waals surface area contributed by atoms with Gasteiger partial charge in [0.05, 0.1) is 12.0 Å². The minimum absolute atomic E-state index is 0.0157. The van der Waals surface area contributed by atoms with Crippen LogP contribution in [0.15, 0.2) is 58.1 Å². The van der Waals surface area contributed by atoms with Gasteiger partial charge in [-0.3, -0.25) is 15.0 Å². The van der Waals surface area contributed by atoms with Gasteiger partial charge in [-0.1, -0.05) is 18.2 Å². The van der Waals surface area contributed by atoms with E-state index in [1.54, 1.807) is 18.2 Å². The van der Waals surface area contributed by atoms with Crippen molar-refractivity contribution in [2.24, 2.45) is 10.1 Å². The molecule has 196 valence electrons. The molecule has 0 aromatic heterocycles. The maximum Gasteiger partial charge on any atom is 0.283 e. The largest absolute Gasteiger partial charge is 0.490 e. The summed E-state index contributed by atoms with van der Waals surface area (Å²) in [6, 6.07) is 13.3. The van der Waals surface area contributed by atoms with Crippen LogP contribution in [0.2, 0.25) is 0 Å². The van der Waals surface area contributed by atoms with Gasteiger partial charge in [-0.05, 0) is 85.5 Å². The van der Waals surface area contributed by atoms with E-state index in [-0.39, 0.29) is 23.7 Å². The Morgan fingerprint density at radius 2 is 1.68 bits per heavy atom. The summed E-state index contributed by atoms with van der Waals surface area (Å²) < 4.78 is 11.6. The Morgan fingerprint density at radius 3 is 2.37 bits per heavy atom. The maximum absolute atomic E-state index is 12.7. The first kappa shape index (κ1) is 25.7. The van der Waals surface area contributed by atoms with E-state index in [9.17, 15) is 9.59 Å². The number of likely N-dealkylation sites (tertiary alicyclic amines) is 1. The zero-order valence-electron chi connectivity index (χ0n) is 21.4. The standard InChI is InChI=1S/C28H29N5O4S/c1-18-13-19(2)15-22(14-18)37-12-11-36-21-7-5-20(6-8-21)16-23-26(29)33-28(30-27(23)35)38-24(31-33)17-25(34)32-9-3-4-10-32/h5-8,13-16,29H,3-4,9-12,17H2,1-2H3. The first-order valence-electron chi connectivity index (χ1n) is 12.6. The van der Waals surface area contributed by atoms with Gasteiger partial charge in [-0.15, -0.1) is 0 Å². The number of amidine groups is 2. The molecule has 0 saturated carbocycles. The van der Waals surface area contributed by atoms with Crippen LogP contribution in [0.4, 0.5) is 0 Å². The number of nitrogens with one attached hydrogen (secondary N) is 1. The van der Waals surface area contributed by atoms with Gasteiger partial charge in [0.15, 0.2) is 5.84 Å². The number of benzene rings is 2. The second kappa shape index (κ2) is 11.2. The van der Waals surface area contributed by atoms with Gasteiger partial charge in [0, 0.05) is 13.1 Å². The number of thioether (sulfide) groups is 1. The average molecular weight is 532 g/mol. The lowest BCUT2D eigenvalue weighted by atomic mass is 10.1. The van der Waals surface area contributed by atoms with E-state index in [0.29, 0.717) is 29.2 Å². The van der Waals surface area contributed by atoms with Crippen LogP contribution in [0.5, 0.6) is 11.5 Å². The molecule has 10 heteroatoms. The molecular weight excluding hydrogens is 502 g/mol. The van der Waals surface area contributed by atoms with Crippen molar-refractivity contribution in [1.29, 1.82) is 5.41 Å². The quantitative estimate of drug-likeness (QED) is 0.400. The molecule has 2 aromatic rings. The average Bonchev–Trinajstić information content (AvgIpc) is 3.55. The molecule has 2 aromatic carbocycles. The highest BCUT2D eigenvalue weighted by atomic mass is 32.2. The van der Waals surface area contributed by atoms with E-state index < -0.39 is 5.91 Å². The number of rotatable bonds is 8. The SMILES string of the molecule is Cc1cc(C)cc(OCCOc2ccc(C=C3C(=N)N4N=C(CC(=O)N5CCCC5)SC4=NC3=O)cc2)c1. The molecule has 0 radical (unpaired) electrons. The second-order valence-corrected chi connectivity index (χ2v) is 10.4. The number of hydrazone groups is 1. The number of aliphatic imine (C=N–C) groups is 1. The molecule has 1 N–H and O–H groups in total. The van der Waals surface area contributed by atoms with Gasteiger partial charge < -0.3 is 14.4 Å². The van der Waals surface area contributed by atoms with Crippen LogP contribution in [-0.2, 0) is 9.59 Å². The number of nitrogens with zero attached hydrogens (tertiary/aromatic N) is 4. The maximum atomic E-state index is 12.7. The van der Waals surface area contributed by atoms with Gasteiger partial charge in [0.25, 0.3) is 5.91 Å². The number of carbonyl (C=O) groups is 2. The molecular formula is C28H29N5O4S. The van der Waals surface area contributed by atoms with Crippen molar-refractivity contribution in [3.63, 3.8) is 0 Å². The van der Waals surface area contributed by atoms with Gasteiger partial charge >= 0.3 is 0 Å². The molecule has 9 nitrogen and oxygen atoms in total. The molecule has 2 amide bonds. The van der Waals surface area contributed by atoms with Crippen molar-refractivity contribution < 1.29 is 19.1 Å². The predicted octanol–water partition coefficient (Wildman–Crippen LogP) is 4.39. The Bertz CT molecular complexity index is 1340. The van der Waals surface area contributed by atoms with Crippen LogP contribution in [0.3, 0.4) is 0 Å². The zero-order valence-corrected chi connectivity index (χ0v) is 22.2. The monoisotopic (exact) mass is 531 g/mol. The molecule has 3 aliphatic rings. The van der Waals surface area contributed by atoms with E-state index >= 15 is 0 Å². The van der Waals surface area contributed by atoms with Crippen molar-refractivity contribution in [2.75, 3.05) is 26.3 Å². The number of hydrogen-bond acceptors (Lipinski definition) is 7. The van der Waals surface area contributed by atoms with E-state index in [2.05, 4.69) is 16.2 Å². The Balaban J connectivity index is 1.17. The fourth-order valence-electron chi connectivity index (χ4n) is 4.47. The van der Waals surface area contributed by atoms with Gasteiger partial charge in [-0.25, -0.2) is 0 Å². The Labute approximate surface area is 225 Å². The van der Waals surface area contributed by atoms with Crippen LogP contribution < -0.4 is 9.47 Å². The third-order valence-corrected chi connectivity index (χ3v) is 7.17. The summed E-state index contributed by atoms with van der Waals surface area (Å²) in [7, 11) is 0. The molecule has 5 rings (SSSR count). The minimum Gasteiger partial charge on any atom is -0.490 e. The molecule has 38 heavy (non-hydrogen) atoms. The third-order valence-electron chi connectivity index (χ3n) is 6.26. The summed E-state index contributed by atoms with van der Waals surface area (Å²) in [5.74, 6) is 0.959. The first-order chi connectivity index (χ1) is 18.4. The predicted molar refractivity (Wildman–Crippen MR) is 149 cm³/mol. The highest BCUT2D eigenvalue weighted by molar-refractivity contribution is 8.27. The Kier molecular flexibility index (Phi) is 7.59. The normalized spacial score (nSPS) is 18.0. The topological polar surface area (TPSA) is 108 Å². The van der Waals surface area contributed by atoms with Crippen molar-refractivity contribution in [2.45, 2.75) is 33.1 Å². The van der Waals surface area contributed by atoms with E-state index in [1.807, 2.05) is 43.0 Å². The van der Waals surface area contributed by atoms with E-state index in [1.165, 1.54) is 16.8 Å². The number of amides is 2. The Morgan fingerprint density at radius 1 is 1.03 bits per heavy atom. The fraction of sp³-hybridized carbons (Fsp3) is 0.321. The van der Waals surface area contributed by atoms with Crippen LogP contribution in [0, 0.1) is 19.3 Å². The molecule has 0 aliphatic carbocycles. The molecule has 3 aliphatic heterocycles. The van der Waals surface area contributed by atoms with Crippen molar-refractivity contribution in [3.05, 3.63) is 64.7 Å². The van der Waals surface area contributed by atoms with Gasteiger partial charge in [0.1, 0.15) is 29.8 Å². The summed E-state index contributed by atoms with van der Waals surface area (Å²) in [5, 5.41) is 15.1. The summed E-state index contributed by atoms with van der Waals surface area (Å²) in [6.45, 7) is 6.42. The first-order valence-corrected chi connectivity index (χ1v) is 13.4. The molecule has 0 atom stereocenters. The van der Waals surface area contributed by atoms with Crippen molar-refractivity contribution in [3.8, 4) is 11.5 Å². The minimum atomic E-state index is -0.500. The number of carbonyl (C=O) groups excluding carboxylic acids is 2. The second-order valence-electron chi connectivity index (χ2n) is 9.37. The number of fused-ring (bicyclic) bond motifs is 1. The molecule has 0 unspecified atom stereocenters. The summed E-state index contributed by atoms with van der Waals surface area (Å²) in [5.41, 5.74) is 3.18. The lowest BCUT2D eigenvalue weighted by Crippen LogP contribution is -2.35. The van der Waals surface area contributed by atoms with E-state index in [0.717, 1.165) is 48.4 Å². The highest BCUT2D eigenvalue weighted by Crippen LogP contribution is 2.30. The van der Waals surface area contributed by atoms with E-state index in [4.69, 9.17) is 14.9 Å². The Hall–Kier alpha value is -3.92. The summed E-state index contributed by atoms with van der Waals surface area (Å²) in [4.78, 5) is 31.1. The van der Waals surface area contributed by atoms with Crippen LogP contribution in [0.1, 0.15) is 36.0 Å². The molecule has 1 saturated heterocycles. The van der Waals surface area contributed by atoms with Crippen molar-refractivity contribution >= 4 is 45.7 Å². The lowest BCUT2D eigenvalue weighted by molar-refractivity contribution is -0.128. The highest BCUT2D eigenvalue weighted by Gasteiger charge is 2.36. The van der Waals surface area contributed by atoms with Crippen molar-refractivity contribution in [1.82, 2.24) is 9.91 Å². The third kappa shape index (κ3) is 5.96. The number of ether oxygens (including phenoxy) is 2. The summed E-state index contributed by atoms with van der Waals surface area (Å²) in [6.07, 6.45) is 3.81. The van der Waals surface area contributed by atoms with Gasteiger partial charge in [-0.2, -0.15) is 15.1 Å². The number of aryl methyl sites for hydroxylation is 2. The zero-order chi connectivity index (χ0) is 26.6. The fourth-order valence-corrected chi connectivity index (χ4v) is 5.35. The molecule has 3 heterocycles. The van der Waals surface area contributed by atoms with Crippen LogP contribution in [0.25, 0.3) is 6.08 Å². The molecule has 0 bridgehead atoms. The van der Waals surface area contributed by atoms with Crippen LogP contribution >= 0.6 is 11.8 Å². The number of hydrogen-bond donors (Lipinski definition) is 1. The lowest BCUT2D eigenvalue weighted by Gasteiger charge is -2.20.